The molecule has 3 rings (SSSR count). The van der Waals surface area contributed by atoms with E-state index in [9.17, 15) is 9.59 Å². The average molecular weight is 485 g/mol. The first-order chi connectivity index (χ1) is 15.8. The van der Waals surface area contributed by atoms with Crippen LogP contribution in [0.25, 0.3) is 0 Å². The number of anilines is 1. The van der Waals surface area contributed by atoms with E-state index in [1.807, 2.05) is 81.4 Å². The second kappa shape index (κ2) is 11.7. The Morgan fingerprint density at radius 2 is 1.67 bits per heavy atom. The second-order valence-electron chi connectivity index (χ2n) is 8.07. The highest BCUT2D eigenvalue weighted by Crippen LogP contribution is 2.20. The van der Waals surface area contributed by atoms with Crippen LogP contribution in [0, 0.1) is 9.87 Å². The number of amides is 2. The van der Waals surface area contributed by atoms with Gasteiger partial charge in [0.2, 0.25) is 5.13 Å². The lowest BCUT2D eigenvalue weighted by atomic mass is 10.0. The quantitative estimate of drug-likeness (QED) is 0.394. The molecule has 3 aromatic rings. The lowest BCUT2D eigenvalue weighted by Gasteiger charge is -2.32. The Hall–Kier alpha value is -3.04. The average Bonchev–Trinajstić information content (AvgIpc) is 3.22. The molecule has 0 radical (unpaired) electrons. The summed E-state index contributed by atoms with van der Waals surface area (Å²) in [6.45, 7) is 5.76. The van der Waals surface area contributed by atoms with E-state index in [2.05, 4.69) is 15.5 Å². The topological polar surface area (TPSA) is 87.3 Å². The standard InChI is InChI=1S/C24H28N4O3S2/c1-16(2)20(25-22-26-27-23(32)33-22)21(29)28(17(3)14-18-10-6-4-7-11-18)24(30)31-15-19-12-8-5-9-13-19/h4-13,16-17,20H,14-15H2,1-3H3,(H,25,26)(H,27,32). The van der Waals surface area contributed by atoms with Crippen molar-refractivity contribution in [3.63, 3.8) is 0 Å². The molecule has 0 saturated carbocycles. The van der Waals surface area contributed by atoms with Crippen LogP contribution in [0.1, 0.15) is 31.9 Å². The van der Waals surface area contributed by atoms with Crippen LogP contribution in [0.5, 0.6) is 0 Å². The van der Waals surface area contributed by atoms with E-state index in [-0.39, 0.29) is 18.4 Å². The molecule has 2 atom stereocenters. The van der Waals surface area contributed by atoms with Crippen molar-refractivity contribution in [2.24, 2.45) is 5.92 Å². The van der Waals surface area contributed by atoms with Gasteiger partial charge in [0.05, 0.1) is 0 Å². The number of benzene rings is 2. The van der Waals surface area contributed by atoms with Gasteiger partial charge < -0.3 is 10.1 Å². The van der Waals surface area contributed by atoms with E-state index < -0.39 is 18.2 Å². The van der Waals surface area contributed by atoms with Gasteiger partial charge in [0.25, 0.3) is 5.91 Å². The molecule has 2 aromatic carbocycles. The van der Waals surface area contributed by atoms with Crippen molar-refractivity contribution in [2.45, 2.75) is 45.9 Å². The summed E-state index contributed by atoms with van der Waals surface area (Å²) >= 11 is 6.34. The summed E-state index contributed by atoms with van der Waals surface area (Å²) in [4.78, 5) is 28.1. The number of aromatic amines is 1. The van der Waals surface area contributed by atoms with E-state index in [4.69, 9.17) is 17.0 Å². The van der Waals surface area contributed by atoms with E-state index in [1.54, 1.807) is 0 Å². The Balaban J connectivity index is 1.83. The summed E-state index contributed by atoms with van der Waals surface area (Å²) < 4.78 is 6.06. The fourth-order valence-corrected chi connectivity index (χ4v) is 4.24. The maximum Gasteiger partial charge on any atom is 0.417 e. The number of carbonyl (C=O) groups is 2. The highest BCUT2D eigenvalue weighted by Gasteiger charge is 2.35. The number of hydrogen-bond acceptors (Lipinski definition) is 7. The van der Waals surface area contributed by atoms with E-state index in [0.29, 0.717) is 15.5 Å². The number of aromatic nitrogens is 2. The van der Waals surface area contributed by atoms with Gasteiger partial charge in [-0.25, -0.2) is 9.69 Å². The maximum atomic E-state index is 13.7. The molecule has 174 valence electrons. The van der Waals surface area contributed by atoms with Gasteiger partial charge in [-0.3, -0.25) is 9.89 Å². The van der Waals surface area contributed by atoms with Gasteiger partial charge in [-0.05, 0) is 42.6 Å². The zero-order chi connectivity index (χ0) is 23.8. The molecular weight excluding hydrogens is 456 g/mol. The fraction of sp³-hybridized carbons (Fsp3) is 0.333. The smallest absolute Gasteiger partial charge is 0.417 e. The van der Waals surface area contributed by atoms with Crippen LogP contribution < -0.4 is 5.32 Å². The van der Waals surface area contributed by atoms with E-state index >= 15 is 0 Å². The Labute approximate surface area is 202 Å². The van der Waals surface area contributed by atoms with Crippen LogP contribution in [0.15, 0.2) is 60.7 Å². The van der Waals surface area contributed by atoms with Crippen LogP contribution >= 0.6 is 23.6 Å². The Bertz CT molecular complexity index is 1100. The van der Waals surface area contributed by atoms with Gasteiger partial charge in [-0.1, -0.05) is 85.8 Å². The number of H-pyrrole nitrogens is 1. The summed E-state index contributed by atoms with van der Waals surface area (Å²) in [5.74, 6) is -0.476. The highest BCUT2D eigenvalue weighted by atomic mass is 32.1. The fourth-order valence-electron chi connectivity index (χ4n) is 3.41. The minimum atomic E-state index is -0.679. The molecule has 7 nitrogen and oxygen atoms in total. The number of carbonyl (C=O) groups excluding carboxylic acids is 2. The molecular formula is C24H28N4O3S2. The van der Waals surface area contributed by atoms with Crippen molar-refractivity contribution in [2.75, 3.05) is 5.32 Å². The first-order valence-electron chi connectivity index (χ1n) is 10.7. The molecule has 0 bridgehead atoms. The van der Waals surface area contributed by atoms with Gasteiger partial charge in [-0.15, -0.1) is 5.10 Å². The van der Waals surface area contributed by atoms with Crippen molar-refractivity contribution < 1.29 is 14.3 Å². The first kappa shape index (κ1) is 24.6. The zero-order valence-electron chi connectivity index (χ0n) is 18.9. The minimum absolute atomic E-state index is 0.0854. The zero-order valence-corrected chi connectivity index (χ0v) is 20.5. The molecule has 1 heterocycles. The summed E-state index contributed by atoms with van der Waals surface area (Å²) in [6.07, 6.45) is -0.159. The SMILES string of the molecule is CC(C)C(Nc1n[nH]c(=S)s1)C(=O)N(C(=O)OCc1ccccc1)C(C)Cc1ccccc1. The van der Waals surface area contributed by atoms with Gasteiger partial charge in [0, 0.05) is 6.04 Å². The molecule has 0 fully saturated rings. The molecule has 9 heteroatoms. The molecule has 0 aliphatic heterocycles. The number of ether oxygens (including phenoxy) is 1. The van der Waals surface area contributed by atoms with Crippen molar-refractivity contribution in [1.29, 1.82) is 0 Å². The Morgan fingerprint density at radius 3 is 2.21 bits per heavy atom. The molecule has 0 aliphatic rings. The molecule has 0 saturated heterocycles. The van der Waals surface area contributed by atoms with E-state index in [1.165, 1.54) is 16.2 Å². The van der Waals surface area contributed by atoms with Crippen LogP contribution in [-0.2, 0) is 22.6 Å². The number of hydrogen-bond donors (Lipinski definition) is 2. The van der Waals surface area contributed by atoms with Crippen molar-refractivity contribution >= 4 is 40.7 Å². The van der Waals surface area contributed by atoms with Crippen LogP contribution in [0.4, 0.5) is 9.93 Å². The molecule has 2 unspecified atom stereocenters. The molecule has 0 aliphatic carbocycles. The minimum Gasteiger partial charge on any atom is -0.444 e. The lowest BCUT2D eigenvalue weighted by molar-refractivity contribution is -0.133. The Kier molecular flexibility index (Phi) is 8.73. The number of nitrogens with one attached hydrogen (secondary N) is 2. The van der Waals surface area contributed by atoms with Crippen LogP contribution in [-0.4, -0.2) is 39.2 Å². The molecule has 2 N–H and O–H groups in total. The summed E-state index contributed by atoms with van der Waals surface area (Å²) in [5, 5.41) is 10.4. The largest absolute Gasteiger partial charge is 0.444 e. The summed E-state index contributed by atoms with van der Waals surface area (Å²) in [7, 11) is 0. The van der Waals surface area contributed by atoms with Gasteiger partial charge >= 0.3 is 6.09 Å². The Morgan fingerprint density at radius 1 is 1.06 bits per heavy atom. The van der Waals surface area contributed by atoms with Gasteiger partial charge in [0.15, 0.2) is 3.95 Å². The van der Waals surface area contributed by atoms with Crippen molar-refractivity contribution in [3.05, 3.63) is 75.7 Å². The van der Waals surface area contributed by atoms with Crippen LogP contribution in [0.2, 0.25) is 0 Å². The van der Waals surface area contributed by atoms with Crippen molar-refractivity contribution in [1.82, 2.24) is 15.1 Å². The number of imide groups is 1. The first-order valence-corrected chi connectivity index (χ1v) is 12.0. The molecule has 2 amide bonds. The third kappa shape index (κ3) is 6.97. The predicted molar refractivity (Wildman–Crippen MR) is 133 cm³/mol. The van der Waals surface area contributed by atoms with Crippen LogP contribution in [0.3, 0.4) is 0 Å². The van der Waals surface area contributed by atoms with Crippen molar-refractivity contribution in [3.8, 4) is 0 Å². The predicted octanol–water partition coefficient (Wildman–Crippen LogP) is 5.43. The third-order valence-electron chi connectivity index (χ3n) is 5.10. The molecule has 0 spiro atoms. The normalized spacial score (nSPS) is 12.7. The molecule has 33 heavy (non-hydrogen) atoms. The summed E-state index contributed by atoms with van der Waals surface area (Å²) in [6, 6.07) is 18.1. The number of rotatable bonds is 9. The second-order valence-corrected chi connectivity index (χ2v) is 9.74. The molecule has 1 aromatic heterocycles. The maximum absolute atomic E-state index is 13.7. The third-order valence-corrected chi connectivity index (χ3v) is 6.12. The lowest BCUT2D eigenvalue weighted by Crippen LogP contribution is -2.52. The number of nitrogens with zero attached hydrogens (tertiary/aromatic N) is 2. The summed E-state index contributed by atoms with van der Waals surface area (Å²) in [5.41, 5.74) is 1.88. The monoisotopic (exact) mass is 484 g/mol. The van der Waals surface area contributed by atoms with Gasteiger partial charge in [-0.2, -0.15) is 0 Å². The van der Waals surface area contributed by atoms with Gasteiger partial charge in [0.1, 0.15) is 12.6 Å². The van der Waals surface area contributed by atoms with E-state index in [0.717, 1.165) is 11.1 Å². The highest BCUT2D eigenvalue weighted by molar-refractivity contribution is 7.73.